The molecule has 0 aliphatic carbocycles. The third kappa shape index (κ3) is 3.88. The van der Waals surface area contributed by atoms with Crippen molar-refractivity contribution in [3.63, 3.8) is 0 Å². The van der Waals surface area contributed by atoms with Crippen molar-refractivity contribution in [1.29, 1.82) is 0 Å². The molecule has 0 N–H and O–H groups in total. The summed E-state index contributed by atoms with van der Waals surface area (Å²) in [4.78, 5) is 18.3. The first-order valence-electron chi connectivity index (χ1n) is 10.4. The predicted octanol–water partition coefficient (Wildman–Crippen LogP) is 4.54. The first-order chi connectivity index (χ1) is 14.3. The molecule has 0 spiro atoms. The van der Waals surface area contributed by atoms with Gasteiger partial charge < -0.3 is 4.90 Å². The van der Waals surface area contributed by atoms with Crippen molar-refractivity contribution in [3.8, 4) is 0 Å². The van der Waals surface area contributed by atoms with E-state index in [0.29, 0.717) is 16.9 Å². The number of benzene rings is 1. The minimum absolute atomic E-state index is 0.202. The van der Waals surface area contributed by atoms with Gasteiger partial charge in [0, 0.05) is 43.9 Å². The number of hydrogen-bond donors (Lipinski definition) is 0. The molecule has 0 amide bonds. The molecule has 6 nitrogen and oxygen atoms in total. The van der Waals surface area contributed by atoms with E-state index in [1.54, 1.807) is 18.2 Å². The molecule has 3 aromatic rings. The molecule has 4 rings (SSSR count). The summed E-state index contributed by atoms with van der Waals surface area (Å²) >= 11 is 0. The van der Waals surface area contributed by atoms with Crippen LogP contribution in [-0.4, -0.2) is 50.6 Å². The van der Waals surface area contributed by atoms with Crippen molar-refractivity contribution < 1.29 is 8.78 Å². The largest absolute Gasteiger partial charge is 0.354 e. The van der Waals surface area contributed by atoms with E-state index < -0.39 is 6.55 Å². The van der Waals surface area contributed by atoms with E-state index in [-0.39, 0.29) is 12.0 Å². The number of halogens is 2. The zero-order valence-corrected chi connectivity index (χ0v) is 17.9. The molecule has 2 aromatic heterocycles. The van der Waals surface area contributed by atoms with Gasteiger partial charge in [0.2, 0.25) is 0 Å². The van der Waals surface area contributed by atoms with Gasteiger partial charge in [0.05, 0.1) is 17.1 Å². The van der Waals surface area contributed by atoms with Crippen LogP contribution in [0.4, 0.5) is 14.6 Å². The third-order valence-electron chi connectivity index (χ3n) is 5.75. The summed E-state index contributed by atoms with van der Waals surface area (Å²) in [6.45, 7) is 8.60. The normalized spacial score (nSPS) is 16.7. The molecule has 1 fully saturated rings. The average molecular weight is 415 g/mol. The van der Waals surface area contributed by atoms with Gasteiger partial charge >= 0.3 is 6.55 Å². The highest BCUT2D eigenvalue weighted by Crippen LogP contribution is 2.30. The Bertz CT molecular complexity index is 1020. The van der Waals surface area contributed by atoms with Crippen molar-refractivity contribution >= 4 is 16.9 Å². The third-order valence-corrected chi connectivity index (χ3v) is 5.75. The Labute approximate surface area is 175 Å². The van der Waals surface area contributed by atoms with Crippen molar-refractivity contribution in [2.45, 2.75) is 46.2 Å². The Morgan fingerprint density at radius 1 is 0.933 bits per heavy atom. The lowest BCUT2D eigenvalue weighted by atomic mass is 10.2. The lowest BCUT2D eigenvalue weighted by Gasteiger charge is -2.38. The van der Waals surface area contributed by atoms with E-state index in [9.17, 15) is 8.78 Å². The molecule has 1 aromatic carbocycles. The lowest BCUT2D eigenvalue weighted by molar-refractivity contribution is 0.0641. The van der Waals surface area contributed by atoms with Crippen LogP contribution in [0.25, 0.3) is 11.0 Å². The van der Waals surface area contributed by atoms with E-state index in [1.165, 1.54) is 0 Å². The quantitative estimate of drug-likeness (QED) is 0.614. The van der Waals surface area contributed by atoms with E-state index in [0.717, 1.165) is 48.1 Å². The summed E-state index contributed by atoms with van der Waals surface area (Å²) in [6, 6.07) is 8.89. The van der Waals surface area contributed by atoms with Crippen LogP contribution in [0.15, 0.2) is 30.3 Å². The molecule has 8 heteroatoms. The number of aryl methyl sites for hydroxylation is 1. The van der Waals surface area contributed by atoms with Gasteiger partial charge in [0.1, 0.15) is 17.5 Å². The smallest absolute Gasteiger partial charge is 0.320 e. The van der Waals surface area contributed by atoms with Crippen molar-refractivity contribution in [1.82, 2.24) is 24.4 Å². The summed E-state index contributed by atoms with van der Waals surface area (Å²) in [5, 5.41) is 0. The minimum atomic E-state index is -2.62. The Morgan fingerprint density at radius 2 is 1.63 bits per heavy atom. The number of imidazole rings is 1. The first-order valence-corrected chi connectivity index (χ1v) is 10.4. The maximum atomic E-state index is 13.8. The van der Waals surface area contributed by atoms with Gasteiger partial charge in [-0.15, -0.1) is 0 Å². The fourth-order valence-corrected chi connectivity index (χ4v) is 4.06. The number of para-hydroxylation sites is 2. The van der Waals surface area contributed by atoms with Gasteiger partial charge in [0.15, 0.2) is 0 Å². The zero-order chi connectivity index (χ0) is 21.4. The van der Waals surface area contributed by atoms with Crippen LogP contribution >= 0.6 is 0 Å². The monoisotopic (exact) mass is 414 g/mol. The summed E-state index contributed by atoms with van der Waals surface area (Å²) in [5.74, 6) is 2.48. The van der Waals surface area contributed by atoms with Gasteiger partial charge in [-0.1, -0.05) is 26.0 Å². The molecule has 0 bridgehead atoms. The highest BCUT2D eigenvalue weighted by molar-refractivity contribution is 5.76. The molecule has 1 aliphatic rings. The topological polar surface area (TPSA) is 50.1 Å². The Hall–Kier alpha value is -2.61. The van der Waals surface area contributed by atoms with E-state index in [1.807, 2.05) is 26.0 Å². The number of piperazine rings is 1. The fraction of sp³-hybridized carbons (Fsp3) is 0.500. The Morgan fingerprint density at radius 3 is 2.30 bits per heavy atom. The van der Waals surface area contributed by atoms with Gasteiger partial charge in [-0.05, 0) is 26.0 Å². The second kappa shape index (κ2) is 8.26. The number of anilines is 1. The summed E-state index contributed by atoms with van der Waals surface area (Å²) in [5.41, 5.74) is 2.05. The van der Waals surface area contributed by atoms with Gasteiger partial charge in [-0.2, -0.15) is 8.78 Å². The SMILES string of the molecule is Cc1cc(N2CCN([C@@H](C)c3nc4ccccc4n3C(F)F)CC2)nc(C(C)C)n1. The number of nitrogens with zero attached hydrogens (tertiary/aromatic N) is 6. The van der Waals surface area contributed by atoms with Gasteiger partial charge in [-0.25, -0.2) is 15.0 Å². The average Bonchev–Trinajstić information content (AvgIpc) is 3.12. The molecule has 0 radical (unpaired) electrons. The summed E-state index contributed by atoms with van der Waals surface area (Å²) in [6.07, 6.45) is 0. The highest BCUT2D eigenvalue weighted by atomic mass is 19.3. The van der Waals surface area contributed by atoms with Crippen LogP contribution in [0, 0.1) is 6.92 Å². The Kier molecular flexibility index (Phi) is 5.69. The molecule has 0 saturated carbocycles. The number of hydrogen-bond acceptors (Lipinski definition) is 5. The molecule has 30 heavy (non-hydrogen) atoms. The second-order valence-electron chi connectivity index (χ2n) is 8.19. The standard InChI is InChI=1S/C22H28F2N6/c1-14(2)20-25-15(3)13-19(27-20)29-11-9-28(10-12-29)16(4)21-26-17-7-5-6-8-18(17)30(21)22(23)24/h5-8,13-14,16,22H,9-12H2,1-4H3/t16-/m0/s1. The van der Waals surface area contributed by atoms with E-state index in [2.05, 4.69) is 33.6 Å². The minimum Gasteiger partial charge on any atom is -0.354 e. The fourth-order valence-electron chi connectivity index (χ4n) is 4.06. The van der Waals surface area contributed by atoms with Crippen LogP contribution in [0.3, 0.4) is 0 Å². The number of fused-ring (bicyclic) bond motifs is 1. The van der Waals surface area contributed by atoms with Crippen LogP contribution in [0.5, 0.6) is 0 Å². The molecule has 1 aliphatic heterocycles. The highest BCUT2D eigenvalue weighted by Gasteiger charge is 2.28. The van der Waals surface area contributed by atoms with Crippen LogP contribution in [0.1, 0.15) is 56.6 Å². The van der Waals surface area contributed by atoms with Crippen LogP contribution in [-0.2, 0) is 0 Å². The maximum absolute atomic E-state index is 13.8. The molecular formula is C22H28F2N6. The molecule has 3 heterocycles. The molecule has 1 atom stereocenters. The molecule has 160 valence electrons. The maximum Gasteiger partial charge on any atom is 0.320 e. The second-order valence-corrected chi connectivity index (χ2v) is 8.19. The molecule has 1 saturated heterocycles. The lowest BCUT2D eigenvalue weighted by Crippen LogP contribution is -2.48. The molecule has 0 unspecified atom stereocenters. The first kappa shape index (κ1) is 20.7. The summed E-state index contributed by atoms with van der Waals surface area (Å²) < 4.78 is 28.7. The summed E-state index contributed by atoms with van der Waals surface area (Å²) in [7, 11) is 0. The van der Waals surface area contributed by atoms with Crippen LogP contribution in [0.2, 0.25) is 0 Å². The van der Waals surface area contributed by atoms with Crippen molar-refractivity contribution in [3.05, 3.63) is 47.7 Å². The predicted molar refractivity (Wildman–Crippen MR) is 114 cm³/mol. The zero-order valence-electron chi connectivity index (χ0n) is 17.9. The van der Waals surface area contributed by atoms with Gasteiger partial charge in [0.25, 0.3) is 0 Å². The van der Waals surface area contributed by atoms with Crippen molar-refractivity contribution in [2.24, 2.45) is 0 Å². The van der Waals surface area contributed by atoms with Gasteiger partial charge in [-0.3, -0.25) is 9.47 Å². The van der Waals surface area contributed by atoms with Crippen LogP contribution < -0.4 is 4.90 Å². The number of aromatic nitrogens is 4. The van der Waals surface area contributed by atoms with E-state index in [4.69, 9.17) is 4.98 Å². The van der Waals surface area contributed by atoms with E-state index >= 15 is 0 Å². The number of alkyl halides is 2. The van der Waals surface area contributed by atoms with Crippen molar-refractivity contribution in [2.75, 3.05) is 31.1 Å². The molecular weight excluding hydrogens is 386 g/mol. The number of rotatable bonds is 5. The Balaban J connectivity index is 1.52.